The summed E-state index contributed by atoms with van der Waals surface area (Å²) >= 11 is 0. The molecule has 1 N–H and O–H groups in total. The highest BCUT2D eigenvalue weighted by Gasteiger charge is 2.20. The third-order valence-corrected chi connectivity index (χ3v) is 4.65. The molecular formula is C20H19N5O2. The molecule has 0 atom stereocenters. The lowest BCUT2D eigenvalue weighted by molar-refractivity contribution is 0.0687. The van der Waals surface area contributed by atoms with E-state index in [1.807, 2.05) is 55.8 Å². The Kier molecular flexibility index (Phi) is 3.99. The van der Waals surface area contributed by atoms with Gasteiger partial charge in [-0.1, -0.05) is 30.3 Å². The van der Waals surface area contributed by atoms with Crippen molar-refractivity contribution in [2.24, 2.45) is 0 Å². The molecule has 0 aliphatic carbocycles. The van der Waals surface area contributed by atoms with Crippen LogP contribution in [0.2, 0.25) is 0 Å². The molecule has 0 aliphatic rings. The number of aryl methyl sites for hydroxylation is 2. The van der Waals surface area contributed by atoms with Gasteiger partial charge in [0.1, 0.15) is 0 Å². The van der Waals surface area contributed by atoms with E-state index in [9.17, 15) is 9.90 Å². The topological polar surface area (TPSA) is 85.3 Å². The molecule has 4 aromatic rings. The van der Waals surface area contributed by atoms with Gasteiger partial charge in [0, 0.05) is 29.4 Å². The molecule has 136 valence electrons. The van der Waals surface area contributed by atoms with Crippen molar-refractivity contribution in [2.45, 2.75) is 27.3 Å². The lowest BCUT2D eigenvalue weighted by Gasteiger charge is -2.06. The van der Waals surface area contributed by atoms with Gasteiger partial charge in [0.2, 0.25) is 0 Å². The van der Waals surface area contributed by atoms with E-state index in [0.29, 0.717) is 17.0 Å². The maximum absolute atomic E-state index is 11.9. The molecule has 0 bridgehead atoms. The number of benzene rings is 1. The quantitative estimate of drug-likeness (QED) is 0.600. The number of hydrogen-bond donors (Lipinski definition) is 1. The van der Waals surface area contributed by atoms with Crippen molar-refractivity contribution < 1.29 is 9.90 Å². The Balaban J connectivity index is 1.97. The van der Waals surface area contributed by atoms with Gasteiger partial charge in [-0.25, -0.2) is 14.3 Å². The lowest BCUT2D eigenvalue weighted by Crippen LogP contribution is -2.08. The Morgan fingerprint density at radius 3 is 2.44 bits per heavy atom. The number of nitrogens with zero attached hydrogens (tertiary/aromatic N) is 5. The molecule has 0 amide bonds. The molecule has 0 saturated carbocycles. The number of hydrogen-bond acceptors (Lipinski definition) is 4. The van der Waals surface area contributed by atoms with Crippen LogP contribution in [0.4, 0.5) is 0 Å². The fourth-order valence-electron chi connectivity index (χ4n) is 3.38. The first kappa shape index (κ1) is 17.0. The van der Waals surface area contributed by atoms with Gasteiger partial charge in [-0.15, -0.1) is 0 Å². The number of aromatic carboxylic acids is 1. The van der Waals surface area contributed by atoms with Gasteiger partial charge in [-0.3, -0.25) is 4.68 Å². The van der Waals surface area contributed by atoms with E-state index in [4.69, 9.17) is 0 Å². The highest BCUT2D eigenvalue weighted by molar-refractivity contribution is 5.88. The molecule has 3 heterocycles. The molecule has 0 saturated heterocycles. The van der Waals surface area contributed by atoms with E-state index in [2.05, 4.69) is 15.2 Å². The number of fused-ring (bicyclic) bond motifs is 1. The molecule has 3 aromatic heterocycles. The maximum Gasteiger partial charge on any atom is 0.354 e. The average Bonchev–Trinajstić information content (AvgIpc) is 3.21. The van der Waals surface area contributed by atoms with Crippen molar-refractivity contribution in [1.82, 2.24) is 24.4 Å². The molecule has 7 heteroatoms. The maximum atomic E-state index is 11.9. The highest BCUT2D eigenvalue weighted by atomic mass is 16.4. The van der Waals surface area contributed by atoms with Crippen LogP contribution in [-0.2, 0) is 6.54 Å². The normalized spacial score (nSPS) is 11.2. The average molecular weight is 361 g/mol. The van der Waals surface area contributed by atoms with Crippen molar-refractivity contribution in [1.29, 1.82) is 0 Å². The molecule has 7 nitrogen and oxygen atoms in total. The van der Waals surface area contributed by atoms with Crippen LogP contribution in [-0.4, -0.2) is 35.5 Å². The van der Waals surface area contributed by atoms with Crippen molar-refractivity contribution in [3.63, 3.8) is 0 Å². The monoisotopic (exact) mass is 361 g/mol. The molecule has 0 aliphatic heterocycles. The van der Waals surface area contributed by atoms with Crippen LogP contribution in [0, 0.1) is 13.8 Å². The van der Waals surface area contributed by atoms with Gasteiger partial charge in [0.05, 0.1) is 17.1 Å². The first-order chi connectivity index (χ1) is 13.0. The summed E-state index contributed by atoms with van der Waals surface area (Å²) in [6.07, 6.45) is 0. The van der Waals surface area contributed by atoms with Gasteiger partial charge in [0.25, 0.3) is 0 Å². The fraction of sp³-hybridized carbons (Fsp3) is 0.200. The van der Waals surface area contributed by atoms with Crippen LogP contribution >= 0.6 is 0 Å². The van der Waals surface area contributed by atoms with Crippen molar-refractivity contribution in [3.05, 3.63) is 59.5 Å². The summed E-state index contributed by atoms with van der Waals surface area (Å²) in [5.41, 5.74) is 5.40. The third-order valence-electron chi connectivity index (χ3n) is 4.65. The van der Waals surface area contributed by atoms with E-state index >= 15 is 0 Å². The standard InChI is InChI=1S/C20H19N5O2/c1-4-24-13(3)19(12(2)22-24)16-10-17(20(26)27)25-18(21-16)11-15(23-25)14-8-6-5-7-9-14/h5-11H,4H2,1-3H3,(H,26,27). The summed E-state index contributed by atoms with van der Waals surface area (Å²) in [6.45, 7) is 6.64. The minimum absolute atomic E-state index is 0.0697. The van der Waals surface area contributed by atoms with Crippen LogP contribution in [0.3, 0.4) is 0 Å². The Labute approximate surface area is 155 Å². The van der Waals surface area contributed by atoms with Crippen molar-refractivity contribution >= 4 is 11.6 Å². The van der Waals surface area contributed by atoms with E-state index in [1.165, 1.54) is 4.52 Å². The van der Waals surface area contributed by atoms with Gasteiger partial charge in [-0.05, 0) is 26.8 Å². The Morgan fingerprint density at radius 2 is 1.81 bits per heavy atom. The van der Waals surface area contributed by atoms with E-state index < -0.39 is 5.97 Å². The van der Waals surface area contributed by atoms with Crippen molar-refractivity contribution in [2.75, 3.05) is 0 Å². The third kappa shape index (κ3) is 2.77. The molecule has 0 unspecified atom stereocenters. The number of aromatic nitrogens is 5. The summed E-state index contributed by atoms with van der Waals surface area (Å²) in [6, 6.07) is 13.0. The van der Waals surface area contributed by atoms with Crippen LogP contribution in [0.15, 0.2) is 42.5 Å². The molecule has 4 rings (SSSR count). The fourth-order valence-corrected chi connectivity index (χ4v) is 3.38. The minimum Gasteiger partial charge on any atom is -0.477 e. The first-order valence-corrected chi connectivity index (χ1v) is 8.73. The number of carboxylic acid groups (broad SMARTS) is 1. The van der Waals surface area contributed by atoms with Crippen molar-refractivity contribution in [3.8, 4) is 22.5 Å². The number of carboxylic acids is 1. The van der Waals surface area contributed by atoms with Crippen LogP contribution in [0.25, 0.3) is 28.2 Å². The van der Waals surface area contributed by atoms with Gasteiger partial charge in [0.15, 0.2) is 11.3 Å². The molecule has 1 aromatic carbocycles. The van der Waals surface area contributed by atoms with E-state index in [0.717, 1.165) is 29.1 Å². The smallest absolute Gasteiger partial charge is 0.354 e. The summed E-state index contributed by atoms with van der Waals surface area (Å²) < 4.78 is 3.27. The molecule has 0 radical (unpaired) electrons. The van der Waals surface area contributed by atoms with Gasteiger partial charge in [-0.2, -0.15) is 10.2 Å². The van der Waals surface area contributed by atoms with Gasteiger partial charge < -0.3 is 5.11 Å². The molecule has 27 heavy (non-hydrogen) atoms. The number of carbonyl (C=O) groups is 1. The Hall–Kier alpha value is -3.48. The lowest BCUT2D eigenvalue weighted by atomic mass is 10.1. The summed E-state index contributed by atoms with van der Waals surface area (Å²) in [5, 5.41) is 18.7. The summed E-state index contributed by atoms with van der Waals surface area (Å²) in [5.74, 6) is -1.05. The highest BCUT2D eigenvalue weighted by Crippen LogP contribution is 2.28. The minimum atomic E-state index is -1.05. The van der Waals surface area contributed by atoms with Crippen LogP contribution < -0.4 is 0 Å². The largest absolute Gasteiger partial charge is 0.477 e. The molecular weight excluding hydrogens is 342 g/mol. The SMILES string of the molecule is CCn1nc(C)c(-c2cc(C(=O)O)n3nc(-c4ccccc4)cc3n2)c1C. The van der Waals surface area contributed by atoms with E-state index in [-0.39, 0.29) is 5.69 Å². The second-order valence-corrected chi connectivity index (χ2v) is 6.36. The molecule has 0 fully saturated rings. The van der Waals surface area contributed by atoms with Crippen LogP contribution in [0.5, 0.6) is 0 Å². The first-order valence-electron chi connectivity index (χ1n) is 8.73. The second kappa shape index (κ2) is 6.35. The zero-order chi connectivity index (χ0) is 19.1. The molecule has 0 spiro atoms. The zero-order valence-electron chi connectivity index (χ0n) is 15.3. The van der Waals surface area contributed by atoms with Gasteiger partial charge >= 0.3 is 5.97 Å². The summed E-state index contributed by atoms with van der Waals surface area (Å²) in [7, 11) is 0. The predicted octanol–water partition coefficient (Wildman–Crippen LogP) is 3.59. The Morgan fingerprint density at radius 1 is 1.07 bits per heavy atom. The summed E-state index contributed by atoms with van der Waals surface area (Å²) in [4.78, 5) is 16.6. The Bertz CT molecular complexity index is 1160. The zero-order valence-corrected chi connectivity index (χ0v) is 15.3. The predicted molar refractivity (Wildman–Crippen MR) is 102 cm³/mol. The van der Waals surface area contributed by atoms with Crippen LogP contribution in [0.1, 0.15) is 28.8 Å². The number of rotatable bonds is 4. The second-order valence-electron chi connectivity index (χ2n) is 6.36. The van der Waals surface area contributed by atoms with E-state index in [1.54, 1.807) is 12.1 Å².